The first kappa shape index (κ1) is 14.0. The molecule has 1 aromatic carbocycles. The van der Waals surface area contributed by atoms with E-state index in [0.29, 0.717) is 12.5 Å². The fourth-order valence-corrected chi connectivity index (χ4v) is 3.04. The van der Waals surface area contributed by atoms with Crippen LogP contribution in [-0.4, -0.2) is 37.4 Å². The Morgan fingerprint density at radius 2 is 2.11 bits per heavy atom. The summed E-state index contributed by atoms with van der Waals surface area (Å²) in [7, 11) is -2.32. The van der Waals surface area contributed by atoms with E-state index in [1.54, 1.807) is 0 Å². The van der Waals surface area contributed by atoms with Crippen molar-refractivity contribution >= 4 is 16.0 Å². The molecule has 5 nitrogen and oxygen atoms in total. The fraction of sp³-hybridized carbons (Fsp3) is 0.417. The van der Waals surface area contributed by atoms with Crippen LogP contribution >= 0.6 is 0 Å². The van der Waals surface area contributed by atoms with Crippen LogP contribution in [-0.2, 0) is 10.0 Å². The normalized spacial score (nSPS) is 15.7. The molecule has 0 aromatic heterocycles. The highest BCUT2D eigenvalue weighted by atomic mass is 32.2. The lowest BCUT2D eigenvalue weighted by Gasteiger charge is -2.17. The SMILES string of the molecule is CN(CC1CC1)S(=O)(=O)c1ccc(F)c(C(=O)O)c1. The molecule has 0 radical (unpaired) electrons. The van der Waals surface area contributed by atoms with Crippen LogP contribution in [0.2, 0.25) is 0 Å². The van der Waals surface area contributed by atoms with Gasteiger partial charge in [0.1, 0.15) is 5.82 Å². The second kappa shape index (κ2) is 4.90. The Kier molecular flexibility index (Phi) is 3.60. The molecule has 0 spiro atoms. The van der Waals surface area contributed by atoms with Crippen molar-refractivity contribution in [3.63, 3.8) is 0 Å². The number of hydrogen-bond donors (Lipinski definition) is 1. The third kappa shape index (κ3) is 2.93. The summed E-state index contributed by atoms with van der Waals surface area (Å²) in [5.41, 5.74) is -0.638. The number of benzene rings is 1. The number of halogens is 1. The fourth-order valence-electron chi connectivity index (χ4n) is 1.77. The molecule has 0 bridgehead atoms. The molecule has 0 saturated heterocycles. The first-order valence-corrected chi connectivity index (χ1v) is 7.25. The molecule has 1 aliphatic carbocycles. The number of hydrogen-bond acceptors (Lipinski definition) is 3. The highest BCUT2D eigenvalue weighted by Crippen LogP contribution is 2.31. The van der Waals surface area contributed by atoms with Crippen LogP contribution in [0.1, 0.15) is 23.2 Å². The van der Waals surface area contributed by atoms with E-state index in [4.69, 9.17) is 5.11 Å². The first-order chi connectivity index (χ1) is 8.82. The third-order valence-electron chi connectivity index (χ3n) is 3.09. The summed E-state index contributed by atoms with van der Waals surface area (Å²) in [5, 5.41) is 8.80. The molecule has 0 amide bonds. The number of rotatable bonds is 5. The zero-order valence-corrected chi connectivity index (χ0v) is 11.2. The van der Waals surface area contributed by atoms with Gasteiger partial charge in [0.2, 0.25) is 10.0 Å². The van der Waals surface area contributed by atoms with Crippen molar-refractivity contribution in [1.82, 2.24) is 4.31 Å². The van der Waals surface area contributed by atoms with Crippen LogP contribution in [0.15, 0.2) is 23.1 Å². The van der Waals surface area contributed by atoms with Gasteiger partial charge in [-0.05, 0) is 37.0 Å². The summed E-state index contributed by atoms with van der Waals surface area (Å²) in [4.78, 5) is 10.6. The molecule has 1 saturated carbocycles. The number of carboxylic acid groups (broad SMARTS) is 1. The standard InChI is InChI=1S/C12H14FNO4S/c1-14(7-8-2-3-8)19(17,18)9-4-5-11(13)10(6-9)12(15)16/h4-6,8H,2-3,7H2,1H3,(H,15,16). The molecule has 104 valence electrons. The topological polar surface area (TPSA) is 74.7 Å². The van der Waals surface area contributed by atoms with Crippen LogP contribution in [0.4, 0.5) is 4.39 Å². The Labute approximate surface area is 110 Å². The lowest BCUT2D eigenvalue weighted by Crippen LogP contribution is -2.29. The quantitative estimate of drug-likeness (QED) is 0.891. The van der Waals surface area contributed by atoms with Gasteiger partial charge < -0.3 is 5.11 Å². The van der Waals surface area contributed by atoms with Crippen molar-refractivity contribution in [2.45, 2.75) is 17.7 Å². The van der Waals surface area contributed by atoms with Crippen LogP contribution in [0.5, 0.6) is 0 Å². The molecule has 19 heavy (non-hydrogen) atoms. The van der Waals surface area contributed by atoms with E-state index >= 15 is 0 Å². The minimum Gasteiger partial charge on any atom is -0.478 e. The number of aromatic carboxylic acids is 1. The van der Waals surface area contributed by atoms with Gasteiger partial charge in [-0.1, -0.05) is 0 Å². The lowest BCUT2D eigenvalue weighted by atomic mass is 10.2. The van der Waals surface area contributed by atoms with E-state index in [0.717, 1.165) is 31.0 Å². The maximum absolute atomic E-state index is 13.2. The Morgan fingerprint density at radius 3 is 2.63 bits per heavy atom. The summed E-state index contributed by atoms with van der Waals surface area (Å²) in [6.07, 6.45) is 2.01. The van der Waals surface area contributed by atoms with Gasteiger partial charge in [0.25, 0.3) is 0 Å². The van der Waals surface area contributed by atoms with Gasteiger partial charge in [-0.3, -0.25) is 0 Å². The number of sulfonamides is 1. The molecule has 7 heteroatoms. The third-order valence-corrected chi connectivity index (χ3v) is 4.91. The molecule has 1 aromatic rings. The first-order valence-electron chi connectivity index (χ1n) is 5.81. The number of nitrogens with zero attached hydrogens (tertiary/aromatic N) is 1. The van der Waals surface area contributed by atoms with Gasteiger partial charge in [0.15, 0.2) is 0 Å². The smallest absolute Gasteiger partial charge is 0.338 e. The van der Waals surface area contributed by atoms with E-state index in [2.05, 4.69) is 0 Å². The van der Waals surface area contributed by atoms with Crippen LogP contribution < -0.4 is 0 Å². The van der Waals surface area contributed by atoms with E-state index in [9.17, 15) is 17.6 Å². The second-order valence-electron chi connectivity index (χ2n) is 4.68. The maximum atomic E-state index is 13.2. The van der Waals surface area contributed by atoms with Gasteiger partial charge in [-0.25, -0.2) is 21.9 Å². The molecular formula is C12H14FNO4S. The van der Waals surface area contributed by atoms with Gasteiger partial charge >= 0.3 is 5.97 Å². The molecular weight excluding hydrogens is 273 g/mol. The van der Waals surface area contributed by atoms with Crippen molar-refractivity contribution < 1.29 is 22.7 Å². The summed E-state index contributed by atoms with van der Waals surface area (Å²) in [6, 6.07) is 2.80. The monoisotopic (exact) mass is 287 g/mol. The zero-order valence-electron chi connectivity index (χ0n) is 10.3. The Morgan fingerprint density at radius 1 is 1.47 bits per heavy atom. The minimum atomic E-state index is -3.76. The highest BCUT2D eigenvalue weighted by molar-refractivity contribution is 7.89. The highest BCUT2D eigenvalue weighted by Gasteiger charge is 2.29. The van der Waals surface area contributed by atoms with Crippen molar-refractivity contribution in [1.29, 1.82) is 0 Å². The maximum Gasteiger partial charge on any atom is 0.338 e. The van der Waals surface area contributed by atoms with Crippen molar-refractivity contribution in [2.24, 2.45) is 5.92 Å². The van der Waals surface area contributed by atoms with Gasteiger partial charge in [-0.15, -0.1) is 0 Å². The lowest BCUT2D eigenvalue weighted by molar-refractivity contribution is 0.0691. The van der Waals surface area contributed by atoms with Crippen LogP contribution in [0.25, 0.3) is 0 Å². The average molecular weight is 287 g/mol. The summed E-state index contributed by atoms with van der Waals surface area (Å²) in [5.74, 6) is -2.06. The van der Waals surface area contributed by atoms with Crippen molar-refractivity contribution in [3.8, 4) is 0 Å². The van der Waals surface area contributed by atoms with Crippen LogP contribution in [0, 0.1) is 11.7 Å². The predicted octanol–water partition coefficient (Wildman–Crippen LogP) is 1.55. The second-order valence-corrected chi connectivity index (χ2v) is 6.72. The summed E-state index contributed by atoms with van der Waals surface area (Å²) >= 11 is 0. The molecule has 0 aliphatic heterocycles. The Balaban J connectivity index is 2.34. The van der Waals surface area contributed by atoms with Crippen LogP contribution in [0.3, 0.4) is 0 Å². The molecule has 0 heterocycles. The Bertz CT molecular complexity index is 610. The summed E-state index contributed by atoms with van der Waals surface area (Å²) < 4.78 is 38.8. The van der Waals surface area contributed by atoms with Crippen molar-refractivity contribution in [2.75, 3.05) is 13.6 Å². The molecule has 2 rings (SSSR count). The average Bonchev–Trinajstić information content (AvgIpc) is 3.12. The molecule has 0 unspecified atom stereocenters. The van der Waals surface area contributed by atoms with Gasteiger partial charge in [0.05, 0.1) is 10.5 Å². The minimum absolute atomic E-state index is 0.200. The van der Waals surface area contributed by atoms with E-state index in [1.165, 1.54) is 11.4 Å². The zero-order chi connectivity index (χ0) is 14.2. The largest absolute Gasteiger partial charge is 0.478 e. The van der Waals surface area contributed by atoms with Crippen molar-refractivity contribution in [3.05, 3.63) is 29.6 Å². The molecule has 1 N–H and O–H groups in total. The van der Waals surface area contributed by atoms with E-state index < -0.39 is 27.4 Å². The van der Waals surface area contributed by atoms with E-state index in [-0.39, 0.29) is 4.90 Å². The summed E-state index contributed by atoms with van der Waals surface area (Å²) in [6.45, 7) is 0.405. The van der Waals surface area contributed by atoms with Gasteiger partial charge in [-0.2, -0.15) is 0 Å². The Hall–Kier alpha value is -1.47. The van der Waals surface area contributed by atoms with Gasteiger partial charge in [0, 0.05) is 13.6 Å². The predicted molar refractivity (Wildman–Crippen MR) is 65.9 cm³/mol. The molecule has 0 atom stereocenters. The van der Waals surface area contributed by atoms with E-state index in [1.807, 2.05) is 0 Å². The number of carbonyl (C=O) groups is 1. The molecule has 1 fully saturated rings. The number of carboxylic acids is 1. The molecule has 1 aliphatic rings.